The number of rotatable bonds is 5. The Morgan fingerprint density at radius 1 is 1.38 bits per heavy atom. The largest absolute Gasteiger partial charge is 0.461 e. The second kappa shape index (κ2) is 5.96. The van der Waals surface area contributed by atoms with Crippen LogP contribution >= 0.6 is 15.9 Å². The number of carbonyl (C=O) groups excluding carboxylic acids is 1. The van der Waals surface area contributed by atoms with Gasteiger partial charge in [0.2, 0.25) is 5.76 Å². The average Bonchev–Trinajstić information content (AvgIpc) is 3.19. The van der Waals surface area contributed by atoms with Crippen LogP contribution in [-0.2, 0) is 6.54 Å². The van der Waals surface area contributed by atoms with E-state index >= 15 is 0 Å². The number of furan rings is 1. The predicted molar refractivity (Wildman–Crippen MR) is 76.5 cm³/mol. The molecule has 21 heavy (non-hydrogen) atoms. The zero-order valence-electron chi connectivity index (χ0n) is 10.8. The monoisotopic (exact) mass is 350 g/mol. The van der Waals surface area contributed by atoms with Crippen LogP contribution in [0.3, 0.4) is 0 Å². The zero-order valence-corrected chi connectivity index (χ0v) is 12.4. The van der Waals surface area contributed by atoms with Crippen molar-refractivity contribution in [3.63, 3.8) is 0 Å². The van der Waals surface area contributed by atoms with Gasteiger partial charge in [0.25, 0.3) is 5.91 Å². The predicted octanol–water partition coefficient (Wildman–Crippen LogP) is 2.32. The van der Waals surface area contributed by atoms with Crippen LogP contribution in [0, 0.1) is 0 Å². The molecule has 3 heterocycles. The number of hydrogen-bond donors (Lipinski definition) is 1. The van der Waals surface area contributed by atoms with Crippen molar-refractivity contribution in [3.8, 4) is 11.5 Å². The van der Waals surface area contributed by atoms with Crippen molar-refractivity contribution in [2.75, 3.05) is 6.54 Å². The molecule has 0 aliphatic heterocycles. The van der Waals surface area contributed by atoms with Gasteiger partial charge in [0.05, 0.1) is 12.8 Å². The maximum atomic E-state index is 11.9. The number of nitrogens with zero attached hydrogens (tertiary/aromatic N) is 3. The Hall–Kier alpha value is -2.35. The van der Waals surface area contributed by atoms with Crippen LogP contribution in [-0.4, -0.2) is 27.4 Å². The standard InChI is InChI=1S/C13H11BrN4O3/c14-12-3-5-18(16-12)6-4-15-13(19)9-8-11(21-17-9)10-2-1-7-20-10/h1-3,5,7-8H,4,6H2,(H,15,19). The number of carbonyl (C=O) groups is 1. The van der Waals surface area contributed by atoms with Crippen molar-refractivity contribution in [2.45, 2.75) is 6.54 Å². The summed E-state index contributed by atoms with van der Waals surface area (Å²) in [6, 6.07) is 6.84. The first-order valence-electron chi connectivity index (χ1n) is 6.20. The lowest BCUT2D eigenvalue weighted by molar-refractivity contribution is 0.0943. The highest BCUT2D eigenvalue weighted by Crippen LogP contribution is 2.20. The highest BCUT2D eigenvalue weighted by atomic mass is 79.9. The Morgan fingerprint density at radius 3 is 3.00 bits per heavy atom. The molecule has 0 saturated carbocycles. The Morgan fingerprint density at radius 2 is 2.29 bits per heavy atom. The fourth-order valence-corrected chi connectivity index (χ4v) is 2.08. The Kier molecular flexibility index (Phi) is 3.87. The molecule has 0 radical (unpaired) electrons. The van der Waals surface area contributed by atoms with Crippen LogP contribution in [0.5, 0.6) is 0 Å². The maximum absolute atomic E-state index is 11.9. The van der Waals surface area contributed by atoms with Crippen molar-refractivity contribution in [1.29, 1.82) is 0 Å². The van der Waals surface area contributed by atoms with Gasteiger partial charge in [0.1, 0.15) is 4.60 Å². The van der Waals surface area contributed by atoms with E-state index in [9.17, 15) is 4.79 Å². The quantitative estimate of drug-likeness (QED) is 0.762. The zero-order chi connectivity index (χ0) is 14.7. The van der Waals surface area contributed by atoms with Crippen molar-refractivity contribution in [3.05, 3.63) is 47.0 Å². The molecule has 0 atom stereocenters. The topological polar surface area (TPSA) is 86.1 Å². The van der Waals surface area contributed by atoms with E-state index in [1.807, 2.05) is 12.3 Å². The van der Waals surface area contributed by atoms with Crippen LogP contribution in [0.2, 0.25) is 0 Å². The summed E-state index contributed by atoms with van der Waals surface area (Å²) in [5.74, 6) is 0.645. The lowest BCUT2D eigenvalue weighted by Crippen LogP contribution is -2.27. The fraction of sp³-hybridized carbons (Fsp3) is 0.154. The Balaban J connectivity index is 1.56. The molecule has 0 aromatic carbocycles. The summed E-state index contributed by atoms with van der Waals surface area (Å²) in [6.07, 6.45) is 3.35. The molecule has 0 unspecified atom stereocenters. The van der Waals surface area contributed by atoms with E-state index in [1.54, 1.807) is 22.9 Å². The van der Waals surface area contributed by atoms with Gasteiger partial charge in [-0.15, -0.1) is 0 Å². The summed E-state index contributed by atoms with van der Waals surface area (Å²) in [6.45, 7) is 1.01. The SMILES string of the molecule is O=C(NCCn1ccc(Br)n1)c1cc(-c2ccco2)on1. The molecule has 0 saturated heterocycles. The van der Waals surface area contributed by atoms with Crippen LogP contribution in [0.25, 0.3) is 11.5 Å². The maximum Gasteiger partial charge on any atom is 0.273 e. The van der Waals surface area contributed by atoms with Crippen molar-refractivity contribution < 1.29 is 13.7 Å². The van der Waals surface area contributed by atoms with E-state index in [-0.39, 0.29) is 11.6 Å². The number of halogens is 1. The van der Waals surface area contributed by atoms with E-state index in [4.69, 9.17) is 8.94 Å². The van der Waals surface area contributed by atoms with Gasteiger partial charge in [-0.3, -0.25) is 9.48 Å². The summed E-state index contributed by atoms with van der Waals surface area (Å²) in [7, 11) is 0. The van der Waals surface area contributed by atoms with E-state index < -0.39 is 0 Å². The molecular formula is C13H11BrN4O3. The van der Waals surface area contributed by atoms with Gasteiger partial charge in [-0.05, 0) is 34.1 Å². The first-order valence-corrected chi connectivity index (χ1v) is 6.99. The number of hydrogen-bond acceptors (Lipinski definition) is 5. The molecule has 7 nitrogen and oxygen atoms in total. The van der Waals surface area contributed by atoms with E-state index in [2.05, 4.69) is 31.5 Å². The molecule has 3 aromatic rings. The second-order valence-electron chi connectivity index (χ2n) is 4.21. The summed E-state index contributed by atoms with van der Waals surface area (Å²) in [5.41, 5.74) is 0.211. The molecule has 8 heteroatoms. The summed E-state index contributed by atoms with van der Waals surface area (Å²) in [5, 5.41) is 10.6. The van der Waals surface area contributed by atoms with Gasteiger partial charge in [-0.2, -0.15) is 5.10 Å². The summed E-state index contributed by atoms with van der Waals surface area (Å²) < 4.78 is 12.7. The van der Waals surface area contributed by atoms with Crippen molar-refractivity contribution >= 4 is 21.8 Å². The fourth-order valence-electron chi connectivity index (χ4n) is 1.75. The van der Waals surface area contributed by atoms with Gasteiger partial charge >= 0.3 is 0 Å². The minimum atomic E-state index is -0.303. The van der Waals surface area contributed by atoms with E-state index in [0.717, 1.165) is 4.60 Å². The smallest absolute Gasteiger partial charge is 0.273 e. The lowest BCUT2D eigenvalue weighted by Gasteiger charge is -2.02. The molecule has 1 N–H and O–H groups in total. The van der Waals surface area contributed by atoms with Crippen LogP contribution < -0.4 is 5.32 Å². The first-order chi connectivity index (χ1) is 10.2. The first kappa shape index (κ1) is 13.6. The van der Waals surface area contributed by atoms with Crippen LogP contribution in [0.15, 0.2) is 50.3 Å². The third kappa shape index (κ3) is 3.22. The molecule has 0 spiro atoms. The normalized spacial score (nSPS) is 10.7. The second-order valence-corrected chi connectivity index (χ2v) is 5.02. The number of aromatic nitrogens is 3. The highest BCUT2D eigenvalue weighted by Gasteiger charge is 2.14. The molecule has 0 fully saturated rings. The number of amides is 1. The van der Waals surface area contributed by atoms with Crippen LogP contribution in [0.4, 0.5) is 0 Å². The van der Waals surface area contributed by atoms with Crippen molar-refractivity contribution in [1.82, 2.24) is 20.3 Å². The molecule has 0 aliphatic carbocycles. The number of nitrogens with one attached hydrogen (secondary N) is 1. The molecule has 0 bridgehead atoms. The van der Waals surface area contributed by atoms with Gasteiger partial charge in [0, 0.05) is 18.8 Å². The molecular weight excluding hydrogens is 340 g/mol. The van der Waals surface area contributed by atoms with Crippen molar-refractivity contribution in [2.24, 2.45) is 0 Å². The Labute approximate surface area is 128 Å². The molecule has 3 rings (SSSR count). The Bertz CT molecular complexity index is 732. The summed E-state index contributed by atoms with van der Waals surface area (Å²) >= 11 is 3.26. The van der Waals surface area contributed by atoms with E-state index in [1.165, 1.54) is 6.26 Å². The van der Waals surface area contributed by atoms with Gasteiger partial charge in [-0.1, -0.05) is 5.16 Å². The molecule has 3 aromatic heterocycles. The minimum absolute atomic E-state index is 0.211. The summed E-state index contributed by atoms with van der Waals surface area (Å²) in [4.78, 5) is 11.9. The van der Waals surface area contributed by atoms with Gasteiger partial charge in [-0.25, -0.2) is 0 Å². The van der Waals surface area contributed by atoms with Gasteiger partial charge < -0.3 is 14.3 Å². The van der Waals surface area contributed by atoms with Gasteiger partial charge in [0.15, 0.2) is 11.5 Å². The third-order valence-corrected chi connectivity index (χ3v) is 3.16. The molecule has 0 aliphatic rings. The highest BCUT2D eigenvalue weighted by molar-refractivity contribution is 9.10. The lowest BCUT2D eigenvalue weighted by atomic mass is 10.3. The third-order valence-electron chi connectivity index (χ3n) is 2.74. The van der Waals surface area contributed by atoms with E-state index in [0.29, 0.717) is 24.6 Å². The molecule has 108 valence electrons. The average molecular weight is 351 g/mol. The minimum Gasteiger partial charge on any atom is -0.461 e. The van der Waals surface area contributed by atoms with Crippen LogP contribution in [0.1, 0.15) is 10.5 Å². The molecule has 1 amide bonds.